The molecule has 0 aromatic rings. The number of aliphatic hydroxyl groups is 1. The molecule has 3 nitrogen and oxygen atoms in total. The normalized spacial score (nSPS) is 19.2. The van der Waals surface area contributed by atoms with Gasteiger partial charge in [-0.3, -0.25) is 4.90 Å². The van der Waals surface area contributed by atoms with E-state index < -0.39 is 0 Å². The lowest BCUT2D eigenvalue weighted by Gasteiger charge is -2.17. The standard InChI is InChI=1S/C17H34N2O.ClH/c1-3-4-5-6-7-8-9-10-11-12-13-17-18-14-15-19(17)16(2)20;/h16,20H,3-15H2,1-2H3;1H. The predicted octanol–water partition coefficient (Wildman–Crippen LogP) is -0.0633. The molecule has 2 atom stereocenters. The Hall–Kier alpha value is -0.120. The molecule has 1 aliphatic heterocycles. The first-order valence-electron chi connectivity index (χ1n) is 8.83. The van der Waals surface area contributed by atoms with Crippen molar-refractivity contribution in [1.29, 1.82) is 0 Å². The van der Waals surface area contributed by atoms with E-state index in [4.69, 9.17) is 0 Å². The fourth-order valence-electron chi connectivity index (χ4n) is 3.03. The predicted molar refractivity (Wildman–Crippen MR) is 86.3 cm³/mol. The van der Waals surface area contributed by atoms with Crippen LogP contribution in [0.5, 0.6) is 0 Å². The van der Waals surface area contributed by atoms with E-state index in [9.17, 15) is 5.11 Å². The highest BCUT2D eigenvalue weighted by molar-refractivity contribution is 5.74. The second kappa shape index (κ2) is 13.5. The summed E-state index contributed by atoms with van der Waals surface area (Å²) in [5, 5.41) is 9.67. The largest absolute Gasteiger partial charge is 1.00 e. The van der Waals surface area contributed by atoms with Crippen molar-refractivity contribution < 1.29 is 22.4 Å². The smallest absolute Gasteiger partial charge is 0.198 e. The van der Waals surface area contributed by atoms with Crippen molar-refractivity contribution in [3.05, 3.63) is 0 Å². The molecule has 0 aliphatic carbocycles. The zero-order valence-corrected chi connectivity index (χ0v) is 14.8. The molecule has 0 bridgehead atoms. The van der Waals surface area contributed by atoms with Crippen LogP contribution in [0.15, 0.2) is 4.99 Å². The van der Waals surface area contributed by atoms with Crippen LogP contribution in [0.25, 0.3) is 0 Å². The van der Waals surface area contributed by atoms with Gasteiger partial charge in [0.1, 0.15) is 6.54 Å². The first-order chi connectivity index (χ1) is 9.75. The van der Waals surface area contributed by atoms with Gasteiger partial charge in [0.15, 0.2) is 12.1 Å². The minimum absolute atomic E-state index is 0. The summed E-state index contributed by atoms with van der Waals surface area (Å²) in [6.07, 6.45) is 14.5. The minimum Gasteiger partial charge on any atom is -1.00 e. The summed E-state index contributed by atoms with van der Waals surface area (Å²) in [5.41, 5.74) is 0. The molecule has 0 aromatic carbocycles. The van der Waals surface area contributed by atoms with Crippen molar-refractivity contribution in [2.45, 2.75) is 90.7 Å². The molecular weight excluding hydrogens is 284 g/mol. The van der Waals surface area contributed by atoms with Gasteiger partial charge in [0, 0.05) is 13.3 Å². The van der Waals surface area contributed by atoms with Crippen LogP contribution in [-0.4, -0.2) is 30.3 Å². The molecule has 21 heavy (non-hydrogen) atoms. The number of quaternary nitrogens is 1. The summed E-state index contributed by atoms with van der Waals surface area (Å²) < 4.78 is 0. The van der Waals surface area contributed by atoms with Gasteiger partial charge in [0.05, 0.1) is 6.54 Å². The van der Waals surface area contributed by atoms with Gasteiger partial charge in [0.25, 0.3) is 0 Å². The van der Waals surface area contributed by atoms with Gasteiger partial charge in [-0.2, -0.15) is 0 Å². The number of rotatable bonds is 12. The number of nitrogens with zero attached hydrogens (tertiary/aromatic N) is 1. The Morgan fingerprint density at radius 2 is 1.52 bits per heavy atom. The molecule has 0 fully saturated rings. The van der Waals surface area contributed by atoms with Gasteiger partial charge in [-0.25, -0.2) is 4.99 Å². The average Bonchev–Trinajstić information content (AvgIpc) is 2.89. The molecule has 126 valence electrons. The first kappa shape index (κ1) is 20.9. The number of hydrogen-bond acceptors (Lipinski definition) is 2. The van der Waals surface area contributed by atoms with Gasteiger partial charge in [-0.05, 0) is 6.42 Å². The van der Waals surface area contributed by atoms with Crippen molar-refractivity contribution in [3.8, 4) is 0 Å². The Morgan fingerprint density at radius 1 is 1.00 bits per heavy atom. The van der Waals surface area contributed by atoms with E-state index in [0.29, 0.717) is 0 Å². The second-order valence-electron chi connectivity index (χ2n) is 6.21. The van der Waals surface area contributed by atoms with Crippen LogP contribution < -0.4 is 17.3 Å². The molecule has 2 unspecified atom stereocenters. The zero-order valence-electron chi connectivity index (χ0n) is 14.0. The van der Waals surface area contributed by atoms with Crippen molar-refractivity contribution in [2.75, 3.05) is 13.1 Å². The third-order valence-corrected chi connectivity index (χ3v) is 4.33. The van der Waals surface area contributed by atoms with E-state index in [1.165, 1.54) is 74.9 Å². The van der Waals surface area contributed by atoms with Crippen LogP contribution in [0.2, 0.25) is 0 Å². The number of unbranched alkanes of at least 4 members (excludes halogenated alkanes) is 9. The molecule has 0 spiro atoms. The van der Waals surface area contributed by atoms with E-state index in [1.807, 2.05) is 6.92 Å². The van der Waals surface area contributed by atoms with Crippen molar-refractivity contribution in [3.63, 3.8) is 0 Å². The second-order valence-corrected chi connectivity index (χ2v) is 6.21. The third kappa shape index (κ3) is 9.49. The van der Waals surface area contributed by atoms with Crippen LogP contribution in [0.1, 0.15) is 84.5 Å². The maximum absolute atomic E-state index is 9.67. The summed E-state index contributed by atoms with van der Waals surface area (Å²) in [6.45, 7) is 6.02. The Bertz CT molecular complexity index is 270. The monoisotopic (exact) mass is 318 g/mol. The highest BCUT2D eigenvalue weighted by Gasteiger charge is 2.25. The highest BCUT2D eigenvalue weighted by Crippen LogP contribution is 2.11. The molecule has 0 saturated carbocycles. The van der Waals surface area contributed by atoms with E-state index >= 15 is 0 Å². The molecule has 0 amide bonds. The number of halogens is 1. The van der Waals surface area contributed by atoms with Crippen LogP contribution in [-0.2, 0) is 0 Å². The SMILES string of the molecule is CCCCCCCCCCCCC1=NCC[NH+]1C(C)O.[Cl-]. The molecule has 1 rings (SSSR count). The first-order valence-corrected chi connectivity index (χ1v) is 8.83. The van der Waals surface area contributed by atoms with Gasteiger partial charge < -0.3 is 17.5 Å². The molecule has 0 saturated heterocycles. The number of amidine groups is 1. The van der Waals surface area contributed by atoms with Crippen LogP contribution in [0.4, 0.5) is 0 Å². The lowest BCUT2D eigenvalue weighted by Crippen LogP contribution is -3.16. The van der Waals surface area contributed by atoms with E-state index in [-0.39, 0.29) is 18.6 Å². The Morgan fingerprint density at radius 3 is 2.05 bits per heavy atom. The quantitative estimate of drug-likeness (QED) is 0.486. The average molecular weight is 319 g/mol. The minimum atomic E-state index is -0.292. The van der Waals surface area contributed by atoms with Gasteiger partial charge in [0.2, 0.25) is 0 Å². The maximum atomic E-state index is 9.67. The lowest BCUT2D eigenvalue weighted by molar-refractivity contribution is -0.853. The molecule has 1 aliphatic rings. The molecule has 0 radical (unpaired) electrons. The van der Waals surface area contributed by atoms with Gasteiger partial charge in [-0.1, -0.05) is 64.7 Å². The molecule has 0 aromatic heterocycles. The number of aliphatic imine (C=N–C) groups is 1. The summed E-state index contributed by atoms with van der Waals surface area (Å²) in [4.78, 5) is 5.73. The summed E-state index contributed by atoms with van der Waals surface area (Å²) in [6, 6.07) is 0. The molecular formula is C17H35ClN2O. The van der Waals surface area contributed by atoms with Crippen LogP contribution in [0.3, 0.4) is 0 Å². The van der Waals surface area contributed by atoms with Crippen LogP contribution in [0, 0.1) is 0 Å². The Labute approximate surface area is 137 Å². The fourth-order valence-corrected chi connectivity index (χ4v) is 3.03. The Balaban J connectivity index is 0.00000400. The van der Waals surface area contributed by atoms with Gasteiger partial charge >= 0.3 is 0 Å². The zero-order chi connectivity index (χ0) is 14.6. The third-order valence-electron chi connectivity index (χ3n) is 4.33. The maximum Gasteiger partial charge on any atom is 0.198 e. The lowest BCUT2D eigenvalue weighted by atomic mass is 10.1. The van der Waals surface area contributed by atoms with E-state index in [2.05, 4.69) is 11.9 Å². The summed E-state index contributed by atoms with van der Waals surface area (Å²) in [7, 11) is 0. The Kier molecular flexibility index (Phi) is 13.5. The number of nitrogens with one attached hydrogen (secondary N) is 1. The highest BCUT2D eigenvalue weighted by atomic mass is 35.5. The molecule has 2 N–H and O–H groups in total. The van der Waals surface area contributed by atoms with Crippen molar-refractivity contribution in [2.24, 2.45) is 4.99 Å². The topological polar surface area (TPSA) is 37.0 Å². The fraction of sp³-hybridized carbons (Fsp3) is 0.941. The van der Waals surface area contributed by atoms with E-state index in [1.54, 1.807) is 0 Å². The number of aliphatic hydroxyl groups excluding tert-OH is 1. The summed E-state index contributed by atoms with van der Waals surface area (Å²) >= 11 is 0. The number of hydrogen-bond donors (Lipinski definition) is 2. The molecule has 4 heteroatoms. The van der Waals surface area contributed by atoms with Gasteiger partial charge in [-0.15, -0.1) is 0 Å². The molecule has 1 heterocycles. The summed E-state index contributed by atoms with van der Waals surface area (Å²) in [5.74, 6) is 1.21. The van der Waals surface area contributed by atoms with Crippen molar-refractivity contribution in [1.82, 2.24) is 0 Å². The van der Waals surface area contributed by atoms with E-state index in [0.717, 1.165) is 19.5 Å². The van der Waals surface area contributed by atoms with Crippen molar-refractivity contribution >= 4 is 5.84 Å². The van der Waals surface area contributed by atoms with Crippen LogP contribution >= 0.6 is 0 Å².